The van der Waals surface area contributed by atoms with E-state index in [1.165, 1.54) is 0 Å². The summed E-state index contributed by atoms with van der Waals surface area (Å²) in [6, 6.07) is 1.58. The second-order valence-corrected chi connectivity index (χ2v) is 3.37. The number of hydrogen-bond donors (Lipinski definition) is 2. The molecule has 0 aliphatic heterocycles. The Morgan fingerprint density at radius 2 is 2.44 bits per heavy atom. The summed E-state index contributed by atoms with van der Waals surface area (Å²) < 4.78 is 6.47. The lowest BCUT2D eigenvalue weighted by Crippen LogP contribution is -2.25. The molecule has 0 unspecified atom stereocenters. The minimum absolute atomic E-state index is 0.199. The van der Waals surface area contributed by atoms with Crippen LogP contribution in [0.1, 0.15) is 23.8 Å². The maximum atomic E-state index is 11.6. The molecule has 0 aromatic carbocycles. The summed E-state index contributed by atoms with van der Waals surface area (Å²) in [7, 11) is 1.63. The summed E-state index contributed by atoms with van der Waals surface area (Å²) in [6.07, 6.45) is 0.784. The van der Waals surface area contributed by atoms with Crippen LogP contribution in [0.4, 0.5) is 5.82 Å². The third kappa shape index (κ3) is 3.23. The fourth-order valence-electron chi connectivity index (χ4n) is 1.30. The van der Waals surface area contributed by atoms with Crippen molar-refractivity contribution in [3.63, 3.8) is 0 Å². The average molecular weight is 226 g/mol. The third-order valence-corrected chi connectivity index (χ3v) is 2.15. The van der Waals surface area contributed by atoms with Gasteiger partial charge in [0.05, 0.1) is 0 Å². The van der Waals surface area contributed by atoms with Crippen LogP contribution in [0.3, 0.4) is 0 Å². The van der Waals surface area contributed by atoms with Crippen LogP contribution < -0.4 is 11.1 Å². The molecule has 0 saturated heterocycles. The van der Waals surface area contributed by atoms with Crippen molar-refractivity contribution < 1.29 is 9.53 Å². The van der Waals surface area contributed by atoms with E-state index in [1.807, 2.05) is 6.92 Å². The topological polar surface area (TPSA) is 82.2 Å². The largest absolute Gasteiger partial charge is 0.385 e. The molecule has 0 spiro atoms. The van der Waals surface area contributed by atoms with E-state index in [0.29, 0.717) is 31.2 Å². The van der Waals surface area contributed by atoms with E-state index in [-0.39, 0.29) is 5.91 Å². The SMILES string of the molecule is CCn1nc(C(=O)NCCCOC)cc1N. The standard InChI is InChI=1S/C10H18N4O2/c1-3-14-9(11)7-8(13-14)10(15)12-5-4-6-16-2/h7H,3-6,11H2,1-2H3,(H,12,15). The molecular weight excluding hydrogens is 208 g/mol. The molecule has 0 fully saturated rings. The van der Waals surface area contributed by atoms with Crippen molar-refractivity contribution in [3.05, 3.63) is 11.8 Å². The first-order chi connectivity index (χ1) is 7.69. The Balaban J connectivity index is 2.46. The van der Waals surface area contributed by atoms with Gasteiger partial charge >= 0.3 is 0 Å². The summed E-state index contributed by atoms with van der Waals surface area (Å²) >= 11 is 0. The summed E-state index contributed by atoms with van der Waals surface area (Å²) in [4.78, 5) is 11.6. The Labute approximate surface area is 94.8 Å². The van der Waals surface area contributed by atoms with Gasteiger partial charge in [0, 0.05) is 32.9 Å². The van der Waals surface area contributed by atoms with Crippen molar-refractivity contribution >= 4 is 11.7 Å². The molecule has 6 heteroatoms. The number of rotatable bonds is 6. The Morgan fingerprint density at radius 3 is 3.00 bits per heavy atom. The van der Waals surface area contributed by atoms with Gasteiger partial charge in [0.15, 0.2) is 5.69 Å². The molecule has 16 heavy (non-hydrogen) atoms. The van der Waals surface area contributed by atoms with Crippen molar-refractivity contribution in [2.75, 3.05) is 26.0 Å². The number of amides is 1. The minimum Gasteiger partial charge on any atom is -0.385 e. The van der Waals surface area contributed by atoms with Gasteiger partial charge in [-0.25, -0.2) is 4.68 Å². The van der Waals surface area contributed by atoms with E-state index in [1.54, 1.807) is 17.9 Å². The van der Waals surface area contributed by atoms with Gasteiger partial charge in [-0.2, -0.15) is 5.10 Å². The molecule has 0 saturated carbocycles. The molecule has 0 aliphatic carbocycles. The highest BCUT2D eigenvalue weighted by Gasteiger charge is 2.11. The van der Waals surface area contributed by atoms with Crippen LogP contribution in [-0.4, -0.2) is 35.9 Å². The molecule has 1 amide bonds. The van der Waals surface area contributed by atoms with Gasteiger partial charge in [-0.05, 0) is 13.3 Å². The van der Waals surface area contributed by atoms with Crippen LogP contribution in [-0.2, 0) is 11.3 Å². The van der Waals surface area contributed by atoms with E-state index in [2.05, 4.69) is 10.4 Å². The fourth-order valence-corrected chi connectivity index (χ4v) is 1.30. The first kappa shape index (κ1) is 12.5. The van der Waals surface area contributed by atoms with Gasteiger partial charge in [0.2, 0.25) is 0 Å². The van der Waals surface area contributed by atoms with Crippen LogP contribution in [0, 0.1) is 0 Å². The lowest BCUT2D eigenvalue weighted by atomic mass is 10.3. The maximum absolute atomic E-state index is 11.6. The van der Waals surface area contributed by atoms with Crippen LogP contribution in [0.15, 0.2) is 6.07 Å². The number of aromatic nitrogens is 2. The minimum atomic E-state index is -0.199. The molecule has 0 atom stereocenters. The van der Waals surface area contributed by atoms with Crippen molar-refractivity contribution in [2.24, 2.45) is 0 Å². The van der Waals surface area contributed by atoms with Crippen molar-refractivity contribution in [1.29, 1.82) is 0 Å². The third-order valence-electron chi connectivity index (χ3n) is 2.15. The molecular formula is C10H18N4O2. The number of hydrogen-bond acceptors (Lipinski definition) is 4. The zero-order valence-electron chi connectivity index (χ0n) is 9.69. The molecule has 0 radical (unpaired) electrons. The van der Waals surface area contributed by atoms with Gasteiger partial charge in [-0.3, -0.25) is 4.79 Å². The van der Waals surface area contributed by atoms with Gasteiger partial charge in [0.1, 0.15) is 5.82 Å². The van der Waals surface area contributed by atoms with Gasteiger partial charge in [-0.15, -0.1) is 0 Å². The van der Waals surface area contributed by atoms with Crippen LogP contribution in [0.2, 0.25) is 0 Å². The number of nitrogens with one attached hydrogen (secondary N) is 1. The van der Waals surface area contributed by atoms with Gasteiger partial charge in [-0.1, -0.05) is 0 Å². The van der Waals surface area contributed by atoms with Crippen LogP contribution in [0.5, 0.6) is 0 Å². The predicted molar refractivity (Wildman–Crippen MR) is 61.1 cm³/mol. The van der Waals surface area contributed by atoms with E-state index >= 15 is 0 Å². The molecule has 0 bridgehead atoms. The normalized spacial score (nSPS) is 10.4. The molecule has 3 N–H and O–H groups in total. The van der Waals surface area contributed by atoms with Crippen LogP contribution >= 0.6 is 0 Å². The molecule has 1 heterocycles. The van der Waals surface area contributed by atoms with Crippen LogP contribution in [0.25, 0.3) is 0 Å². The number of carbonyl (C=O) groups excluding carboxylic acids is 1. The second-order valence-electron chi connectivity index (χ2n) is 3.37. The lowest BCUT2D eigenvalue weighted by Gasteiger charge is -2.01. The smallest absolute Gasteiger partial charge is 0.271 e. The number of anilines is 1. The highest BCUT2D eigenvalue weighted by Crippen LogP contribution is 2.05. The monoisotopic (exact) mass is 226 g/mol. The second kappa shape index (κ2) is 6.12. The Bertz CT molecular complexity index is 349. The zero-order chi connectivity index (χ0) is 12.0. The Kier molecular flexibility index (Phi) is 4.78. The van der Waals surface area contributed by atoms with Crippen molar-refractivity contribution in [1.82, 2.24) is 15.1 Å². The molecule has 90 valence electrons. The summed E-state index contributed by atoms with van der Waals surface area (Å²) in [5.41, 5.74) is 6.02. The maximum Gasteiger partial charge on any atom is 0.271 e. The summed E-state index contributed by atoms with van der Waals surface area (Å²) in [5.74, 6) is 0.305. The first-order valence-corrected chi connectivity index (χ1v) is 5.29. The predicted octanol–water partition coefficient (Wildman–Crippen LogP) is 0.251. The number of nitrogens with two attached hydrogens (primary N) is 1. The number of ether oxygens (including phenoxy) is 1. The number of methoxy groups -OCH3 is 1. The fraction of sp³-hybridized carbons (Fsp3) is 0.600. The summed E-state index contributed by atoms with van der Waals surface area (Å²) in [6.45, 7) is 3.78. The molecule has 1 aromatic rings. The Morgan fingerprint density at radius 1 is 1.69 bits per heavy atom. The quantitative estimate of drug-likeness (QED) is 0.681. The molecule has 0 aliphatic rings. The van der Waals surface area contributed by atoms with E-state index in [9.17, 15) is 4.79 Å². The van der Waals surface area contributed by atoms with E-state index in [4.69, 9.17) is 10.5 Å². The molecule has 1 aromatic heterocycles. The summed E-state index contributed by atoms with van der Waals surface area (Å²) in [5, 5.41) is 6.82. The van der Waals surface area contributed by atoms with Crippen molar-refractivity contribution in [2.45, 2.75) is 19.9 Å². The highest BCUT2D eigenvalue weighted by atomic mass is 16.5. The lowest BCUT2D eigenvalue weighted by molar-refractivity contribution is 0.0943. The number of carbonyl (C=O) groups is 1. The van der Waals surface area contributed by atoms with E-state index < -0.39 is 0 Å². The molecule has 1 rings (SSSR count). The van der Waals surface area contributed by atoms with Gasteiger partial charge in [0.25, 0.3) is 5.91 Å². The Hall–Kier alpha value is -1.56. The zero-order valence-corrected chi connectivity index (χ0v) is 9.69. The average Bonchev–Trinajstić information content (AvgIpc) is 2.66. The van der Waals surface area contributed by atoms with E-state index in [0.717, 1.165) is 6.42 Å². The first-order valence-electron chi connectivity index (χ1n) is 5.29. The number of nitrogen functional groups attached to an aromatic ring is 1. The molecule has 6 nitrogen and oxygen atoms in total. The number of aryl methyl sites for hydroxylation is 1. The van der Waals surface area contributed by atoms with Gasteiger partial charge < -0.3 is 15.8 Å². The number of nitrogens with zero attached hydrogens (tertiary/aromatic N) is 2. The highest BCUT2D eigenvalue weighted by molar-refractivity contribution is 5.92. The van der Waals surface area contributed by atoms with Crippen molar-refractivity contribution in [3.8, 4) is 0 Å².